The van der Waals surface area contributed by atoms with Crippen LogP contribution in [0.25, 0.3) is 33.6 Å². The Balaban J connectivity index is 1.55. The van der Waals surface area contributed by atoms with Gasteiger partial charge in [-0.2, -0.15) is 5.26 Å². The van der Waals surface area contributed by atoms with Crippen molar-refractivity contribution in [2.24, 2.45) is 0 Å². The normalized spacial score (nSPS) is 13.9. The molecule has 1 saturated heterocycles. The fourth-order valence-corrected chi connectivity index (χ4v) is 4.16. The van der Waals surface area contributed by atoms with Crippen LogP contribution in [0.5, 0.6) is 11.5 Å². The molecular weight excluding hydrogens is 450 g/mol. The van der Waals surface area contributed by atoms with Gasteiger partial charge in [-0.15, -0.1) is 0 Å². The number of benzene rings is 1. The average Bonchev–Trinajstić information content (AvgIpc) is 3.33. The van der Waals surface area contributed by atoms with Gasteiger partial charge in [0.15, 0.2) is 17.0 Å². The third kappa shape index (κ3) is 4.27. The van der Waals surface area contributed by atoms with Crippen molar-refractivity contribution in [3.05, 3.63) is 60.0 Å². The van der Waals surface area contributed by atoms with Crippen LogP contribution >= 0.6 is 0 Å². The lowest BCUT2D eigenvalue weighted by Gasteiger charge is -2.23. The summed E-state index contributed by atoms with van der Waals surface area (Å²) in [6.07, 6.45) is 4.64. The first-order valence-corrected chi connectivity index (χ1v) is 11.0. The Morgan fingerprint density at radius 3 is 2.63 bits per heavy atom. The summed E-state index contributed by atoms with van der Waals surface area (Å²) in [5, 5.41) is 19.2. The summed E-state index contributed by atoms with van der Waals surface area (Å²) < 4.78 is 22.9. The van der Waals surface area contributed by atoms with Crippen LogP contribution in [0.15, 0.2) is 53.2 Å². The molecule has 0 aliphatic carbocycles. The second-order valence-corrected chi connectivity index (χ2v) is 7.98. The first-order chi connectivity index (χ1) is 17.1. The molecule has 1 aliphatic rings. The third-order valence-electron chi connectivity index (χ3n) is 5.86. The second kappa shape index (κ2) is 9.44. The molecule has 4 aromatic rings. The van der Waals surface area contributed by atoms with E-state index < -0.39 is 5.97 Å². The maximum absolute atomic E-state index is 11.6. The predicted octanol–water partition coefficient (Wildman–Crippen LogP) is 4.69. The molecule has 35 heavy (non-hydrogen) atoms. The van der Waals surface area contributed by atoms with Crippen molar-refractivity contribution in [3.63, 3.8) is 0 Å². The summed E-state index contributed by atoms with van der Waals surface area (Å²) in [6.45, 7) is 1.30. The molecule has 3 aromatic heterocycles. The first kappa shape index (κ1) is 22.4. The highest BCUT2D eigenvalue weighted by atomic mass is 16.5. The monoisotopic (exact) mass is 471 g/mol. The van der Waals surface area contributed by atoms with Crippen LogP contribution in [0, 0.1) is 11.3 Å². The Kier molecular flexibility index (Phi) is 6.04. The molecule has 4 heterocycles. The lowest BCUT2D eigenvalue weighted by atomic mass is 10.0. The summed E-state index contributed by atoms with van der Waals surface area (Å²) in [5.74, 6) is -0.175. The van der Waals surface area contributed by atoms with Crippen molar-refractivity contribution in [2.45, 2.75) is 18.9 Å². The number of carbonyl (C=O) groups is 1. The van der Waals surface area contributed by atoms with E-state index in [0.29, 0.717) is 47.0 Å². The number of nitrogens with zero attached hydrogens (tertiary/aromatic N) is 3. The SMILES string of the molecule is COc1c(-c2cc3nccc(-c4ccc(OC5CCOCC5)c(C#N)c4)c3o2)ccnc1C(=O)O. The zero-order valence-corrected chi connectivity index (χ0v) is 18.9. The van der Waals surface area contributed by atoms with E-state index in [4.69, 9.17) is 18.6 Å². The van der Waals surface area contributed by atoms with Crippen molar-refractivity contribution in [2.75, 3.05) is 20.3 Å². The van der Waals surface area contributed by atoms with Crippen LogP contribution in [0.4, 0.5) is 0 Å². The van der Waals surface area contributed by atoms with Gasteiger partial charge in [0.1, 0.15) is 29.2 Å². The minimum atomic E-state index is -1.20. The number of nitriles is 1. The number of fused-ring (bicyclic) bond motifs is 1. The summed E-state index contributed by atoms with van der Waals surface area (Å²) in [4.78, 5) is 19.8. The minimum absolute atomic E-state index is 0.0213. The van der Waals surface area contributed by atoms with E-state index in [1.807, 2.05) is 6.07 Å². The van der Waals surface area contributed by atoms with Crippen molar-refractivity contribution in [3.8, 4) is 40.0 Å². The Morgan fingerprint density at radius 2 is 1.89 bits per heavy atom. The maximum atomic E-state index is 11.6. The molecule has 176 valence electrons. The molecule has 0 saturated carbocycles. The summed E-state index contributed by atoms with van der Waals surface area (Å²) in [6, 6.07) is 12.8. The molecule has 0 bridgehead atoms. The van der Waals surface area contributed by atoms with Crippen molar-refractivity contribution >= 4 is 17.1 Å². The molecule has 1 fully saturated rings. The molecule has 1 aromatic carbocycles. The van der Waals surface area contributed by atoms with Crippen molar-refractivity contribution < 1.29 is 28.5 Å². The van der Waals surface area contributed by atoms with Crippen LogP contribution in [0.3, 0.4) is 0 Å². The molecule has 0 atom stereocenters. The zero-order chi connectivity index (χ0) is 24.4. The van der Waals surface area contributed by atoms with Gasteiger partial charge in [-0.3, -0.25) is 4.98 Å². The van der Waals surface area contributed by atoms with Gasteiger partial charge in [0.2, 0.25) is 0 Å². The lowest BCUT2D eigenvalue weighted by Crippen LogP contribution is -2.26. The number of ether oxygens (including phenoxy) is 3. The van der Waals surface area contributed by atoms with Gasteiger partial charge < -0.3 is 23.7 Å². The summed E-state index contributed by atoms with van der Waals surface area (Å²) in [5.41, 5.74) is 3.24. The third-order valence-corrected chi connectivity index (χ3v) is 5.86. The van der Waals surface area contributed by atoms with E-state index in [9.17, 15) is 15.2 Å². The fourth-order valence-electron chi connectivity index (χ4n) is 4.16. The molecule has 1 N–H and O–H groups in total. The van der Waals surface area contributed by atoms with Crippen LogP contribution in [-0.4, -0.2) is 47.5 Å². The number of carboxylic acid groups (broad SMARTS) is 1. The fraction of sp³-hybridized carbons (Fsp3) is 0.231. The number of aromatic carboxylic acids is 1. The first-order valence-electron chi connectivity index (χ1n) is 11.0. The number of carboxylic acids is 1. The number of hydrogen-bond acceptors (Lipinski definition) is 8. The van der Waals surface area contributed by atoms with Crippen LogP contribution in [0.1, 0.15) is 28.9 Å². The predicted molar refractivity (Wildman–Crippen MR) is 125 cm³/mol. The van der Waals surface area contributed by atoms with Gasteiger partial charge in [-0.25, -0.2) is 9.78 Å². The number of furan rings is 1. The summed E-state index contributed by atoms with van der Waals surface area (Å²) in [7, 11) is 1.38. The highest BCUT2D eigenvalue weighted by Gasteiger charge is 2.22. The van der Waals surface area contributed by atoms with Gasteiger partial charge in [-0.1, -0.05) is 6.07 Å². The number of pyridine rings is 2. The molecule has 9 heteroatoms. The van der Waals surface area contributed by atoms with Crippen molar-refractivity contribution in [1.82, 2.24) is 9.97 Å². The molecule has 0 spiro atoms. The number of aromatic nitrogens is 2. The zero-order valence-electron chi connectivity index (χ0n) is 18.9. The second-order valence-electron chi connectivity index (χ2n) is 7.98. The highest BCUT2D eigenvalue weighted by Crippen LogP contribution is 2.39. The number of methoxy groups -OCH3 is 1. The topological polar surface area (TPSA) is 128 Å². The van der Waals surface area contributed by atoms with Crippen molar-refractivity contribution in [1.29, 1.82) is 5.26 Å². The van der Waals surface area contributed by atoms with Crippen LogP contribution in [-0.2, 0) is 4.74 Å². The minimum Gasteiger partial charge on any atom is -0.493 e. The molecule has 0 amide bonds. The Labute approximate surface area is 200 Å². The Morgan fingerprint density at radius 1 is 1.11 bits per heavy atom. The van der Waals surface area contributed by atoms with E-state index >= 15 is 0 Å². The highest BCUT2D eigenvalue weighted by molar-refractivity contribution is 5.95. The van der Waals surface area contributed by atoms with Crippen LogP contribution in [0.2, 0.25) is 0 Å². The molecule has 5 rings (SSSR count). The van der Waals surface area contributed by atoms with E-state index in [2.05, 4.69) is 16.0 Å². The van der Waals surface area contributed by atoms with Crippen LogP contribution < -0.4 is 9.47 Å². The van der Waals surface area contributed by atoms with E-state index in [1.54, 1.807) is 36.5 Å². The smallest absolute Gasteiger partial charge is 0.358 e. The van der Waals surface area contributed by atoms with Gasteiger partial charge >= 0.3 is 5.97 Å². The Hall–Kier alpha value is -4.42. The maximum Gasteiger partial charge on any atom is 0.358 e. The largest absolute Gasteiger partial charge is 0.493 e. The lowest BCUT2D eigenvalue weighted by molar-refractivity contribution is 0.0254. The molecular formula is C26H21N3O6. The summed E-state index contributed by atoms with van der Waals surface area (Å²) >= 11 is 0. The standard InChI is InChI=1S/C26H21N3O6/c1-32-25-19(5-9-29-23(25)26(30)31)22-13-20-24(35-22)18(4-8-28-20)15-2-3-21(16(12-15)14-27)34-17-6-10-33-11-7-17/h2-5,8-9,12-13,17H,6-7,10-11H2,1H3,(H,30,31). The van der Waals surface area contributed by atoms with E-state index in [0.717, 1.165) is 24.0 Å². The molecule has 1 aliphatic heterocycles. The van der Waals surface area contributed by atoms with Gasteiger partial charge in [0.25, 0.3) is 0 Å². The van der Waals surface area contributed by atoms with E-state index in [-0.39, 0.29) is 17.5 Å². The van der Waals surface area contributed by atoms with Gasteiger partial charge in [-0.05, 0) is 29.8 Å². The Bertz CT molecular complexity index is 1450. The molecule has 0 radical (unpaired) electrons. The quantitative estimate of drug-likeness (QED) is 0.426. The van der Waals surface area contributed by atoms with Gasteiger partial charge in [0, 0.05) is 36.9 Å². The molecule has 9 nitrogen and oxygen atoms in total. The number of rotatable bonds is 6. The van der Waals surface area contributed by atoms with Gasteiger partial charge in [0.05, 0.1) is 31.5 Å². The van der Waals surface area contributed by atoms with E-state index in [1.165, 1.54) is 13.3 Å². The average molecular weight is 471 g/mol. The number of hydrogen-bond donors (Lipinski definition) is 1. The molecule has 0 unspecified atom stereocenters.